The van der Waals surface area contributed by atoms with Crippen LogP contribution in [-0.4, -0.2) is 16.1 Å². The molecule has 2 rings (SSSR count). The maximum atomic E-state index is 10.7. The quantitative estimate of drug-likeness (QED) is 0.857. The van der Waals surface area contributed by atoms with Gasteiger partial charge in [0.05, 0.1) is 22.2 Å². The van der Waals surface area contributed by atoms with Crippen LogP contribution in [0.1, 0.15) is 5.56 Å². The summed E-state index contributed by atoms with van der Waals surface area (Å²) < 4.78 is 0. The van der Waals surface area contributed by atoms with Crippen LogP contribution in [0.3, 0.4) is 0 Å². The highest BCUT2D eigenvalue weighted by atomic mass is 35.5. The molecule has 1 aromatic heterocycles. The van der Waals surface area contributed by atoms with Gasteiger partial charge in [0.1, 0.15) is 5.15 Å². The van der Waals surface area contributed by atoms with Gasteiger partial charge in [-0.25, -0.2) is 4.98 Å². The molecular weight excluding hydrogens is 309 g/mol. The third kappa shape index (κ3) is 3.38. The van der Waals surface area contributed by atoms with E-state index < -0.39 is 5.97 Å². The van der Waals surface area contributed by atoms with Gasteiger partial charge in [-0.3, -0.25) is 4.79 Å². The summed E-state index contributed by atoms with van der Waals surface area (Å²) >= 11 is 18.1. The number of aromatic nitrogens is 1. The fourth-order valence-electron chi connectivity index (χ4n) is 1.70. The van der Waals surface area contributed by atoms with Crippen LogP contribution in [0.2, 0.25) is 15.2 Å². The first kappa shape index (κ1) is 14.1. The first-order valence-electron chi connectivity index (χ1n) is 5.30. The standard InChI is InChI=1S/C13H8Cl3NO2/c14-8-2-1-3-9(15)13(8)10-4-7(6-12(18)19)5-11(16)17-10/h1-5H,6H2,(H,18,19). The molecule has 0 unspecified atom stereocenters. The maximum absolute atomic E-state index is 10.7. The van der Waals surface area contributed by atoms with Crippen molar-refractivity contribution in [3.8, 4) is 11.3 Å². The Kier molecular flexibility index (Phi) is 4.30. The molecule has 0 radical (unpaired) electrons. The predicted octanol–water partition coefficient (Wildman–Crippen LogP) is 4.34. The van der Waals surface area contributed by atoms with Crippen LogP contribution in [0.5, 0.6) is 0 Å². The van der Waals surface area contributed by atoms with Crippen molar-refractivity contribution in [2.24, 2.45) is 0 Å². The summed E-state index contributed by atoms with van der Waals surface area (Å²) in [5.74, 6) is -0.946. The number of nitrogens with zero attached hydrogens (tertiary/aromatic N) is 1. The van der Waals surface area contributed by atoms with Gasteiger partial charge in [0.15, 0.2) is 0 Å². The smallest absolute Gasteiger partial charge is 0.307 e. The van der Waals surface area contributed by atoms with E-state index in [4.69, 9.17) is 39.9 Å². The Balaban J connectivity index is 2.56. The average Bonchev–Trinajstić information content (AvgIpc) is 2.26. The van der Waals surface area contributed by atoms with Crippen LogP contribution in [0.25, 0.3) is 11.3 Å². The van der Waals surface area contributed by atoms with Gasteiger partial charge in [-0.05, 0) is 29.8 Å². The van der Waals surface area contributed by atoms with Crippen molar-refractivity contribution in [3.05, 3.63) is 51.1 Å². The van der Waals surface area contributed by atoms with Crippen molar-refractivity contribution in [2.45, 2.75) is 6.42 Å². The SMILES string of the molecule is O=C(O)Cc1cc(Cl)nc(-c2c(Cl)cccc2Cl)c1. The number of rotatable bonds is 3. The molecular formula is C13H8Cl3NO2. The molecule has 0 atom stereocenters. The average molecular weight is 317 g/mol. The number of hydrogen-bond acceptors (Lipinski definition) is 2. The molecule has 1 heterocycles. The van der Waals surface area contributed by atoms with Crippen LogP contribution in [-0.2, 0) is 11.2 Å². The molecule has 1 aromatic carbocycles. The van der Waals surface area contributed by atoms with Gasteiger partial charge in [-0.15, -0.1) is 0 Å². The number of carboxylic acids is 1. The Labute approximate surface area is 124 Å². The lowest BCUT2D eigenvalue weighted by Gasteiger charge is -2.08. The summed E-state index contributed by atoms with van der Waals surface area (Å²) in [6, 6.07) is 8.21. The van der Waals surface area contributed by atoms with Crippen LogP contribution >= 0.6 is 34.8 Å². The number of pyridine rings is 1. The first-order chi connectivity index (χ1) is 8.97. The van der Waals surface area contributed by atoms with Crippen molar-refractivity contribution in [3.63, 3.8) is 0 Å². The zero-order valence-electron chi connectivity index (χ0n) is 9.53. The lowest BCUT2D eigenvalue weighted by Crippen LogP contribution is -2.01. The number of halogens is 3. The summed E-state index contributed by atoms with van der Waals surface area (Å²) in [6.45, 7) is 0. The molecule has 98 valence electrons. The van der Waals surface area contributed by atoms with E-state index in [1.807, 2.05) is 0 Å². The van der Waals surface area contributed by atoms with E-state index in [1.165, 1.54) is 6.07 Å². The van der Waals surface area contributed by atoms with Crippen LogP contribution in [0.15, 0.2) is 30.3 Å². The van der Waals surface area contributed by atoms with Gasteiger partial charge in [-0.1, -0.05) is 40.9 Å². The number of carboxylic acid groups (broad SMARTS) is 1. The molecule has 6 heteroatoms. The van der Waals surface area contributed by atoms with E-state index in [0.29, 0.717) is 26.9 Å². The second-order valence-corrected chi connectivity index (χ2v) is 5.05. The minimum Gasteiger partial charge on any atom is -0.481 e. The van der Waals surface area contributed by atoms with Gasteiger partial charge in [-0.2, -0.15) is 0 Å². The molecule has 3 nitrogen and oxygen atoms in total. The highest BCUT2D eigenvalue weighted by Gasteiger charge is 2.12. The normalized spacial score (nSPS) is 10.5. The molecule has 0 bridgehead atoms. The summed E-state index contributed by atoms with van der Waals surface area (Å²) in [5.41, 5.74) is 1.54. The molecule has 0 spiro atoms. The van der Waals surface area contributed by atoms with E-state index in [9.17, 15) is 4.79 Å². The van der Waals surface area contributed by atoms with Gasteiger partial charge in [0.25, 0.3) is 0 Å². The topological polar surface area (TPSA) is 50.2 Å². The lowest BCUT2D eigenvalue weighted by molar-refractivity contribution is -0.136. The highest BCUT2D eigenvalue weighted by molar-refractivity contribution is 6.39. The van der Waals surface area contributed by atoms with Gasteiger partial charge < -0.3 is 5.11 Å². The Morgan fingerprint density at radius 3 is 2.37 bits per heavy atom. The number of aliphatic carboxylic acids is 1. The van der Waals surface area contributed by atoms with Crippen molar-refractivity contribution in [1.29, 1.82) is 0 Å². The third-order valence-corrected chi connectivity index (χ3v) is 3.25. The lowest BCUT2D eigenvalue weighted by atomic mass is 10.1. The minimum absolute atomic E-state index is 0.142. The Hall–Kier alpha value is -1.29. The first-order valence-corrected chi connectivity index (χ1v) is 6.43. The fourth-order valence-corrected chi connectivity index (χ4v) is 2.52. The Bertz CT molecular complexity index is 624. The van der Waals surface area contributed by atoms with Crippen LogP contribution in [0.4, 0.5) is 0 Å². The molecule has 19 heavy (non-hydrogen) atoms. The monoisotopic (exact) mass is 315 g/mol. The zero-order chi connectivity index (χ0) is 14.0. The van der Waals surface area contributed by atoms with Crippen molar-refractivity contribution >= 4 is 40.8 Å². The number of hydrogen-bond donors (Lipinski definition) is 1. The Morgan fingerprint density at radius 2 is 1.79 bits per heavy atom. The molecule has 0 aliphatic carbocycles. The Morgan fingerprint density at radius 1 is 1.16 bits per heavy atom. The van der Waals surface area contributed by atoms with Crippen LogP contribution < -0.4 is 0 Å². The molecule has 1 N–H and O–H groups in total. The van der Waals surface area contributed by atoms with Crippen molar-refractivity contribution in [1.82, 2.24) is 4.98 Å². The summed E-state index contributed by atoms with van der Waals surface area (Å²) in [4.78, 5) is 14.9. The second-order valence-electron chi connectivity index (χ2n) is 3.85. The minimum atomic E-state index is -0.946. The van der Waals surface area contributed by atoms with Crippen molar-refractivity contribution in [2.75, 3.05) is 0 Å². The van der Waals surface area contributed by atoms with E-state index in [2.05, 4.69) is 4.98 Å². The van der Waals surface area contributed by atoms with E-state index in [0.717, 1.165) is 0 Å². The third-order valence-electron chi connectivity index (χ3n) is 2.43. The molecule has 0 aliphatic rings. The van der Waals surface area contributed by atoms with E-state index in [-0.39, 0.29) is 11.6 Å². The summed E-state index contributed by atoms with van der Waals surface area (Å²) in [5, 5.41) is 9.88. The second kappa shape index (κ2) is 5.78. The largest absolute Gasteiger partial charge is 0.481 e. The summed E-state index contributed by atoms with van der Waals surface area (Å²) in [7, 11) is 0. The maximum Gasteiger partial charge on any atom is 0.307 e. The number of benzene rings is 1. The van der Waals surface area contributed by atoms with Crippen LogP contribution in [0, 0.1) is 0 Å². The zero-order valence-corrected chi connectivity index (χ0v) is 11.8. The molecule has 2 aromatic rings. The number of carbonyl (C=O) groups is 1. The fraction of sp³-hybridized carbons (Fsp3) is 0.0769. The van der Waals surface area contributed by atoms with Crippen molar-refractivity contribution < 1.29 is 9.90 Å². The van der Waals surface area contributed by atoms with Gasteiger partial charge >= 0.3 is 5.97 Å². The summed E-state index contributed by atoms with van der Waals surface area (Å²) in [6.07, 6.45) is -0.142. The molecule has 0 saturated heterocycles. The molecule has 0 fully saturated rings. The molecule has 0 aliphatic heterocycles. The van der Waals surface area contributed by atoms with Gasteiger partial charge in [0.2, 0.25) is 0 Å². The van der Waals surface area contributed by atoms with Gasteiger partial charge in [0, 0.05) is 5.56 Å². The molecule has 0 amide bonds. The predicted molar refractivity (Wildman–Crippen MR) is 76.0 cm³/mol. The van der Waals surface area contributed by atoms with E-state index in [1.54, 1.807) is 24.3 Å². The van der Waals surface area contributed by atoms with E-state index >= 15 is 0 Å². The molecule has 0 saturated carbocycles. The highest BCUT2D eigenvalue weighted by Crippen LogP contribution is 2.34.